The molecule has 0 saturated heterocycles. The topological polar surface area (TPSA) is 125 Å². The third-order valence-electron chi connectivity index (χ3n) is 2.09. The number of rotatable bonds is 9. The van der Waals surface area contributed by atoms with Gasteiger partial charge in [0.1, 0.15) is 12.1 Å². The highest BCUT2D eigenvalue weighted by Gasteiger charge is 2.18. The molecule has 0 radical (unpaired) electrons. The number of hydrogen-bond acceptors (Lipinski definition) is 5. The highest BCUT2D eigenvalue weighted by atomic mass is 16.4. The maximum absolute atomic E-state index is 10.8. The monoisotopic (exact) mass is 233 g/mol. The van der Waals surface area contributed by atoms with Crippen LogP contribution < -0.4 is 16.6 Å². The lowest BCUT2D eigenvalue weighted by molar-refractivity contribution is -0.142. The molecule has 0 amide bonds. The molecule has 0 aliphatic carbocycles. The van der Waals surface area contributed by atoms with Gasteiger partial charge in [-0.25, -0.2) is 10.9 Å². The fourth-order valence-electron chi connectivity index (χ4n) is 1.04. The smallest absolute Gasteiger partial charge is 0.322 e. The van der Waals surface area contributed by atoms with Gasteiger partial charge in [0.05, 0.1) is 0 Å². The summed E-state index contributed by atoms with van der Waals surface area (Å²) in [5.41, 5.74) is 10.2. The molecular weight excluding hydrogens is 214 g/mol. The molecule has 0 aliphatic rings. The van der Waals surface area contributed by atoms with Crippen molar-refractivity contribution in [3.63, 3.8) is 0 Å². The van der Waals surface area contributed by atoms with Gasteiger partial charge >= 0.3 is 11.9 Å². The first-order valence-electron chi connectivity index (χ1n) is 5.15. The van der Waals surface area contributed by atoms with Crippen LogP contribution in [0.4, 0.5) is 0 Å². The summed E-state index contributed by atoms with van der Waals surface area (Å²) in [6, 6.07) is -1.63. The molecule has 7 heteroatoms. The molecule has 0 spiro atoms. The van der Waals surface area contributed by atoms with Crippen molar-refractivity contribution in [3.8, 4) is 0 Å². The Morgan fingerprint density at radius 2 is 1.81 bits per heavy atom. The van der Waals surface area contributed by atoms with Crippen molar-refractivity contribution in [2.45, 2.75) is 38.3 Å². The van der Waals surface area contributed by atoms with Crippen molar-refractivity contribution in [1.82, 2.24) is 10.9 Å². The molecule has 94 valence electrons. The average molecular weight is 233 g/mol. The fraction of sp³-hybridized carbons (Fsp3) is 0.778. The van der Waals surface area contributed by atoms with Crippen molar-refractivity contribution < 1.29 is 19.8 Å². The fourth-order valence-corrected chi connectivity index (χ4v) is 1.04. The van der Waals surface area contributed by atoms with Crippen molar-refractivity contribution in [3.05, 3.63) is 0 Å². The Labute approximate surface area is 94.0 Å². The second-order valence-electron chi connectivity index (χ2n) is 3.52. The number of carboxylic acids is 2. The van der Waals surface area contributed by atoms with Crippen LogP contribution >= 0.6 is 0 Å². The van der Waals surface area contributed by atoms with Gasteiger partial charge in [0.15, 0.2) is 0 Å². The van der Waals surface area contributed by atoms with Gasteiger partial charge in [0.25, 0.3) is 0 Å². The minimum atomic E-state index is -1.04. The van der Waals surface area contributed by atoms with Crippen molar-refractivity contribution in [2.75, 3.05) is 6.54 Å². The molecule has 0 heterocycles. The second-order valence-corrected chi connectivity index (χ2v) is 3.52. The van der Waals surface area contributed by atoms with Gasteiger partial charge < -0.3 is 15.9 Å². The number of nitrogens with two attached hydrogens (primary N) is 1. The van der Waals surface area contributed by atoms with E-state index >= 15 is 0 Å². The van der Waals surface area contributed by atoms with E-state index in [4.69, 9.17) is 15.9 Å². The van der Waals surface area contributed by atoms with Crippen LogP contribution in [-0.2, 0) is 9.59 Å². The zero-order valence-corrected chi connectivity index (χ0v) is 9.27. The third kappa shape index (κ3) is 6.33. The first-order valence-corrected chi connectivity index (χ1v) is 5.15. The summed E-state index contributed by atoms with van der Waals surface area (Å²) < 4.78 is 0. The van der Waals surface area contributed by atoms with E-state index in [1.54, 1.807) is 0 Å². The summed E-state index contributed by atoms with van der Waals surface area (Å²) in [5.74, 6) is -2.05. The first kappa shape index (κ1) is 14.8. The Balaban J connectivity index is 3.94. The van der Waals surface area contributed by atoms with Crippen LogP contribution in [0.25, 0.3) is 0 Å². The quantitative estimate of drug-likeness (QED) is 0.259. The molecule has 0 fully saturated rings. The number of hydrazine groups is 1. The van der Waals surface area contributed by atoms with Crippen LogP contribution in [0.2, 0.25) is 0 Å². The molecule has 0 unspecified atom stereocenters. The largest absolute Gasteiger partial charge is 0.480 e. The number of carbonyl (C=O) groups is 2. The number of nitrogens with one attached hydrogen (secondary N) is 2. The standard InChI is InChI=1S/C9H19N3O4/c1-6(8(13)14)11-12-7(9(15)16)4-2-3-5-10/h6-7,11-12H,2-5,10H2,1H3,(H,13,14)(H,15,16)/t6-,7+/m1/s1. The second kappa shape index (κ2) is 8.03. The van der Waals surface area contributed by atoms with E-state index in [0.717, 1.165) is 6.42 Å². The van der Waals surface area contributed by atoms with E-state index < -0.39 is 24.0 Å². The Bertz CT molecular complexity index is 235. The summed E-state index contributed by atoms with van der Waals surface area (Å²) in [7, 11) is 0. The molecule has 0 aliphatic heterocycles. The van der Waals surface area contributed by atoms with E-state index in [-0.39, 0.29) is 0 Å². The van der Waals surface area contributed by atoms with Crippen LogP contribution in [0.5, 0.6) is 0 Å². The lowest BCUT2D eigenvalue weighted by Crippen LogP contribution is -2.51. The molecule has 7 nitrogen and oxygen atoms in total. The van der Waals surface area contributed by atoms with Crippen LogP contribution in [0.15, 0.2) is 0 Å². The van der Waals surface area contributed by atoms with Crippen molar-refractivity contribution >= 4 is 11.9 Å². The van der Waals surface area contributed by atoms with Gasteiger partial charge in [-0.2, -0.15) is 0 Å². The number of carboxylic acid groups (broad SMARTS) is 2. The minimum absolute atomic E-state index is 0.409. The molecular formula is C9H19N3O4. The van der Waals surface area contributed by atoms with Crippen molar-refractivity contribution in [2.24, 2.45) is 5.73 Å². The molecule has 0 bridgehead atoms. The lowest BCUT2D eigenvalue weighted by atomic mass is 10.1. The number of unbranched alkanes of at least 4 members (excludes halogenated alkanes) is 1. The highest BCUT2D eigenvalue weighted by Crippen LogP contribution is 1.99. The Morgan fingerprint density at radius 1 is 1.19 bits per heavy atom. The van der Waals surface area contributed by atoms with Crippen molar-refractivity contribution in [1.29, 1.82) is 0 Å². The van der Waals surface area contributed by atoms with Crippen LogP contribution in [0.1, 0.15) is 26.2 Å². The normalized spacial score (nSPS) is 14.4. The number of hydrogen-bond donors (Lipinski definition) is 5. The summed E-state index contributed by atoms with van der Waals surface area (Å²) in [4.78, 5) is 21.3. The van der Waals surface area contributed by atoms with E-state index in [2.05, 4.69) is 10.9 Å². The Morgan fingerprint density at radius 3 is 2.25 bits per heavy atom. The molecule has 2 atom stereocenters. The molecule has 16 heavy (non-hydrogen) atoms. The average Bonchev–Trinajstić information content (AvgIpc) is 2.21. The third-order valence-corrected chi connectivity index (χ3v) is 2.09. The molecule has 0 aromatic rings. The SMILES string of the molecule is C[C@@H](NN[C@@H](CCCCN)C(=O)O)C(=O)O. The Kier molecular flexibility index (Phi) is 7.44. The van der Waals surface area contributed by atoms with E-state index in [0.29, 0.717) is 19.4 Å². The molecule has 6 N–H and O–H groups in total. The Hall–Kier alpha value is -1.18. The first-order chi connectivity index (χ1) is 7.49. The zero-order valence-electron chi connectivity index (χ0n) is 9.27. The van der Waals surface area contributed by atoms with Gasteiger partial charge in [0, 0.05) is 0 Å². The summed E-state index contributed by atoms with van der Waals surface area (Å²) >= 11 is 0. The minimum Gasteiger partial charge on any atom is -0.480 e. The molecule has 0 rings (SSSR count). The molecule has 0 aromatic carbocycles. The highest BCUT2D eigenvalue weighted by molar-refractivity contribution is 5.74. The summed E-state index contributed by atoms with van der Waals surface area (Å²) in [6.07, 6.45) is 1.84. The maximum Gasteiger partial charge on any atom is 0.322 e. The lowest BCUT2D eigenvalue weighted by Gasteiger charge is -2.17. The van der Waals surface area contributed by atoms with Gasteiger partial charge in [0.2, 0.25) is 0 Å². The number of aliphatic carboxylic acids is 2. The van der Waals surface area contributed by atoms with Crippen LogP contribution in [0.3, 0.4) is 0 Å². The van der Waals surface area contributed by atoms with Gasteiger partial charge in [-0.3, -0.25) is 9.59 Å². The van der Waals surface area contributed by atoms with E-state index in [1.807, 2.05) is 0 Å². The predicted octanol–water partition coefficient (Wildman–Crippen LogP) is -0.864. The summed E-state index contributed by atoms with van der Waals surface area (Å²) in [6.45, 7) is 1.94. The molecule has 0 saturated carbocycles. The van der Waals surface area contributed by atoms with Gasteiger partial charge in [-0.15, -0.1) is 0 Å². The van der Waals surface area contributed by atoms with Crippen LogP contribution in [-0.4, -0.2) is 40.8 Å². The van der Waals surface area contributed by atoms with E-state index in [1.165, 1.54) is 6.92 Å². The molecule has 0 aromatic heterocycles. The zero-order chi connectivity index (χ0) is 12.6. The van der Waals surface area contributed by atoms with Crippen LogP contribution in [0, 0.1) is 0 Å². The van der Waals surface area contributed by atoms with Gasteiger partial charge in [-0.1, -0.05) is 0 Å². The maximum atomic E-state index is 10.8. The van der Waals surface area contributed by atoms with E-state index in [9.17, 15) is 9.59 Å². The predicted molar refractivity (Wildman–Crippen MR) is 57.7 cm³/mol. The summed E-state index contributed by atoms with van der Waals surface area (Å²) in [5, 5.41) is 17.4. The van der Waals surface area contributed by atoms with Gasteiger partial charge in [-0.05, 0) is 32.7 Å².